The summed E-state index contributed by atoms with van der Waals surface area (Å²) in [4.78, 5) is 18.2. The first-order chi connectivity index (χ1) is 10.2. The third-order valence-electron chi connectivity index (χ3n) is 3.93. The number of nitrogens with zero attached hydrogens (tertiary/aromatic N) is 2. The van der Waals surface area contributed by atoms with E-state index in [2.05, 4.69) is 29.0 Å². The molecule has 3 heterocycles. The van der Waals surface area contributed by atoms with Gasteiger partial charge >= 0.3 is 0 Å². The van der Waals surface area contributed by atoms with Crippen LogP contribution in [-0.4, -0.2) is 42.8 Å². The molecule has 0 radical (unpaired) electrons. The second-order valence-corrected chi connectivity index (χ2v) is 5.45. The van der Waals surface area contributed by atoms with E-state index in [1.165, 1.54) is 0 Å². The Hall–Kier alpha value is -1.82. The molecule has 114 valence electrons. The fourth-order valence-corrected chi connectivity index (χ4v) is 2.69. The Labute approximate surface area is 124 Å². The zero-order valence-electron chi connectivity index (χ0n) is 12.5. The number of carbonyl (C=O) groups excluding carboxylic acids is 1. The summed E-state index contributed by atoms with van der Waals surface area (Å²) in [5.41, 5.74) is 0. The molecule has 0 saturated carbocycles. The van der Waals surface area contributed by atoms with E-state index in [0.717, 1.165) is 31.7 Å². The lowest BCUT2D eigenvalue weighted by Gasteiger charge is -2.38. The largest absolute Gasteiger partial charge is 0.480 e. The number of fused-ring (bicyclic) bond motifs is 1. The van der Waals surface area contributed by atoms with Gasteiger partial charge in [0.2, 0.25) is 0 Å². The second-order valence-electron chi connectivity index (χ2n) is 5.45. The van der Waals surface area contributed by atoms with Crippen molar-refractivity contribution < 1.29 is 14.3 Å². The van der Waals surface area contributed by atoms with E-state index in [4.69, 9.17) is 9.47 Å². The Balaban J connectivity index is 1.82. The van der Waals surface area contributed by atoms with E-state index in [1.807, 2.05) is 12.1 Å². The van der Waals surface area contributed by atoms with Crippen LogP contribution in [0, 0.1) is 0 Å². The molecule has 2 aliphatic heterocycles. The van der Waals surface area contributed by atoms with Crippen LogP contribution in [-0.2, 0) is 9.53 Å². The van der Waals surface area contributed by atoms with E-state index >= 15 is 0 Å². The topological polar surface area (TPSA) is 63.7 Å². The standard InChI is InChI=1S/C15H21N3O3/c1-3-10-7-18(8-11(4-2)21-10)13-6-5-12-15(16-13)17-14(19)9-20-12/h5-6,10-11H,3-4,7-9H2,1-2H3,(H,16,17,19)/t10-,11+. The van der Waals surface area contributed by atoms with Crippen molar-refractivity contribution in [3.8, 4) is 5.75 Å². The van der Waals surface area contributed by atoms with Gasteiger partial charge in [-0.25, -0.2) is 4.98 Å². The highest BCUT2D eigenvalue weighted by Gasteiger charge is 2.27. The Morgan fingerprint density at radius 1 is 1.29 bits per heavy atom. The summed E-state index contributed by atoms with van der Waals surface area (Å²) in [5.74, 6) is 1.84. The van der Waals surface area contributed by atoms with E-state index < -0.39 is 0 Å². The summed E-state index contributed by atoms with van der Waals surface area (Å²) in [6.07, 6.45) is 2.43. The van der Waals surface area contributed by atoms with Crippen LogP contribution in [0.15, 0.2) is 12.1 Å². The highest BCUT2D eigenvalue weighted by atomic mass is 16.5. The van der Waals surface area contributed by atoms with Gasteiger partial charge in [-0.3, -0.25) is 4.79 Å². The lowest BCUT2D eigenvalue weighted by Crippen LogP contribution is -2.47. The van der Waals surface area contributed by atoms with Crippen LogP contribution in [0.2, 0.25) is 0 Å². The fraction of sp³-hybridized carbons (Fsp3) is 0.600. The van der Waals surface area contributed by atoms with Gasteiger partial charge in [0.1, 0.15) is 5.82 Å². The summed E-state index contributed by atoms with van der Waals surface area (Å²) in [6.45, 7) is 5.98. The molecular formula is C15H21N3O3. The van der Waals surface area contributed by atoms with Crippen molar-refractivity contribution in [2.75, 3.05) is 29.9 Å². The molecule has 2 aliphatic rings. The van der Waals surface area contributed by atoms with E-state index in [9.17, 15) is 4.79 Å². The molecule has 0 unspecified atom stereocenters. The smallest absolute Gasteiger partial charge is 0.263 e. The highest BCUT2D eigenvalue weighted by Crippen LogP contribution is 2.30. The Morgan fingerprint density at radius 3 is 2.67 bits per heavy atom. The molecule has 1 saturated heterocycles. The normalized spacial score (nSPS) is 25.0. The monoisotopic (exact) mass is 291 g/mol. The molecular weight excluding hydrogens is 270 g/mol. The Kier molecular flexibility index (Phi) is 3.96. The average molecular weight is 291 g/mol. The van der Waals surface area contributed by atoms with E-state index in [0.29, 0.717) is 11.6 Å². The van der Waals surface area contributed by atoms with Gasteiger partial charge in [0.25, 0.3) is 5.91 Å². The maximum Gasteiger partial charge on any atom is 0.263 e. The van der Waals surface area contributed by atoms with Crippen molar-refractivity contribution in [3.63, 3.8) is 0 Å². The van der Waals surface area contributed by atoms with Crippen molar-refractivity contribution in [3.05, 3.63) is 12.1 Å². The minimum absolute atomic E-state index is 0.0569. The molecule has 1 amide bonds. The number of hydrogen-bond donors (Lipinski definition) is 1. The molecule has 1 fully saturated rings. The molecule has 21 heavy (non-hydrogen) atoms. The minimum atomic E-state index is -0.160. The van der Waals surface area contributed by atoms with Gasteiger partial charge in [-0.05, 0) is 25.0 Å². The number of carbonyl (C=O) groups is 1. The summed E-state index contributed by atoms with van der Waals surface area (Å²) < 4.78 is 11.3. The van der Waals surface area contributed by atoms with Crippen molar-refractivity contribution in [1.82, 2.24) is 4.98 Å². The van der Waals surface area contributed by atoms with E-state index in [-0.39, 0.29) is 24.7 Å². The molecule has 2 atom stereocenters. The number of pyridine rings is 1. The number of nitrogens with one attached hydrogen (secondary N) is 1. The minimum Gasteiger partial charge on any atom is -0.480 e. The number of rotatable bonds is 3. The van der Waals surface area contributed by atoms with Gasteiger partial charge in [0.05, 0.1) is 12.2 Å². The quantitative estimate of drug-likeness (QED) is 0.920. The first-order valence-electron chi connectivity index (χ1n) is 7.53. The van der Waals surface area contributed by atoms with Crippen molar-refractivity contribution in [2.24, 2.45) is 0 Å². The molecule has 0 bridgehead atoms. The molecule has 1 aromatic heterocycles. The molecule has 6 heteroatoms. The lowest BCUT2D eigenvalue weighted by atomic mass is 10.1. The van der Waals surface area contributed by atoms with Gasteiger partial charge in [-0.15, -0.1) is 0 Å². The predicted molar refractivity (Wildman–Crippen MR) is 79.8 cm³/mol. The summed E-state index contributed by atoms with van der Waals surface area (Å²) in [6, 6.07) is 3.82. The zero-order valence-corrected chi connectivity index (χ0v) is 12.5. The number of morpholine rings is 1. The third kappa shape index (κ3) is 2.95. The van der Waals surface area contributed by atoms with Crippen LogP contribution in [0.5, 0.6) is 5.75 Å². The first kappa shape index (κ1) is 14.1. The predicted octanol–water partition coefficient (Wildman–Crippen LogP) is 1.81. The van der Waals surface area contributed by atoms with Crippen LogP contribution >= 0.6 is 0 Å². The highest BCUT2D eigenvalue weighted by molar-refractivity contribution is 5.94. The number of ether oxygens (including phenoxy) is 2. The molecule has 0 aromatic carbocycles. The Morgan fingerprint density at radius 2 is 2.00 bits per heavy atom. The van der Waals surface area contributed by atoms with Gasteiger partial charge in [-0.1, -0.05) is 13.8 Å². The van der Waals surface area contributed by atoms with Crippen LogP contribution < -0.4 is 15.0 Å². The second kappa shape index (κ2) is 5.89. The van der Waals surface area contributed by atoms with Crippen molar-refractivity contribution >= 4 is 17.5 Å². The number of hydrogen-bond acceptors (Lipinski definition) is 5. The van der Waals surface area contributed by atoms with Gasteiger partial charge < -0.3 is 19.7 Å². The molecule has 6 nitrogen and oxygen atoms in total. The molecule has 3 rings (SSSR count). The van der Waals surface area contributed by atoms with Crippen LogP contribution in [0.25, 0.3) is 0 Å². The SMILES string of the molecule is CC[C@@H]1CN(c2ccc3c(n2)NC(=O)CO3)C[C@H](CC)O1. The van der Waals surface area contributed by atoms with Gasteiger partial charge in [-0.2, -0.15) is 0 Å². The number of anilines is 2. The third-order valence-corrected chi connectivity index (χ3v) is 3.93. The molecule has 0 aliphatic carbocycles. The van der Waals surface area contributed by atoms with Gasteiger partial charge in [0, 0.05) is 13.1 Å². The Bertz CT molecular complexity index is 523. The maximum absolute atomic E-state index is 11.4. The molecule has 1 N–H and O–H groups in total. The first-order valence-corrected chi connectivity index (χ1v) is 7.53. The van der Waals surface area contributed by atoms with Gasteiger partial charge in [0.15, 0.2) is 18.2 Å². The van der Waals surface area contributed by atoms with Crippen molar-refractivity contribution in [2.45, 2.75) is 38.9 Å². The summed E-state index contributed by atoms with van der Waals surface area (Å²) in [5, 5.41) is 2.76. The van der Waals surface area contributed by atoms with Crippen LogP contribution in [0.3, 0.4) is 0 Å². The van der Waals surface area contributed by atoms with Crippen LogP contribution in [0.4, 0.5) is 11.6 Å². The molecule has 1 aromatic rings. The van der Waals surface area contributed by atoms with Crippen LogP contribution in [0.1, 0.15) is 26.7 Å². The lowest BCUT2D eigenvalue weighted by molar-refractivity contribution is -0.118. The summed E-state index contributed by atoms with van der Waals surface area (Å²) >= 11 is 0. The average Bonchev–Trinajstić information content (AvgIpc) is 2.53. The zero-order chi connectivity index (χ0) is 14.8. The number of aromatic nitrogens is 1. The fourth-order valence-electron chi connectivity index (χ4n) is 2.69. The maximum atomic E-state index is 11.4. The molecule has 0 spiro atoms. The van der Waals surface area contributed by atoms with Crippen molar-refractivity contribution in [1.29, 1.82) is 0 Å². The van der Waals surface area contributed by atoms with E-state index in [1.54, 1.807) is 0 Å². The number of amides is 1. The summed E-state index contributed by atoms with van der Waals surface area (Å²) in [7, 11) is 0.